The zero-order chi connectivity index (χ0) is 25.1. The van der Waals surface area contributed by atoms with Gasteiger partial charge in [-0.15, -0.1) is 0 Å². The molecule has 1 aromatic rings. The van der Waals surface area contributed by atoms with Crippen LogP contribution < -0.4 is 0 Å². The third-order valence-corrected chi connectivity index (χ3v) is 5.35. The summed E-state index contributed by atoms with van der Waals surface area (Å²) in [5, 5.41) is 0. The Morgan fingerprint density at radius 3 is 2.39 bits per heavy atom. The quantitative estimate of drug-likeness (QED) is 0.323. The van der Waals surface area contributed by atoms with Gasteiger partial charge in [0.15, 0.2) is 11.6 Å². The number of ether oxygens (including phenoxy) is 1. The highest BCUT2D eigenvalue weighted by Crippen LogP contribution is 2.28. The van der Waals surface area contributed by atoms with Crippen LogP contribution in [0.15, 0.2) is 12.1 Å². The van der Waals surface area contributed by atoms with Gasteiger partial charge in [-0.25, -0.2) is 18.0 Å². The zero-order valence-corrected chi connectivity index (χ0v) is 18.2. The van der Waals surface area contributed by atoms with Crippen molar-refractivity contribution in [2.45, 2.75) is 57.9 Å². The summed E-state index contributed by atoms with van der Waals surface area (Å²) < 4.78 is 85.2. The number of benzene rings is 1. The predicted octanol–water partition coefficient (Wildman–Crippen LogP) is 3.57. The average molecular weight is 482 g/mol. The number of carbonyl (C=O) groups excluding carboxylic acids is 3. The maximum atomic E-state index is 14.1. The molecule has 0 saturated carbocycles. The lowest BCUT2D eigenvalue weighted by Crippen LogP contribution is -2.53. The van der Waals surface area contributed by atoms with E-state index < -0.39 is 84.5 Å². The predicted molar refractivity (Wildman–Crippen MR) is 103 cm³/mol. The number of carbonyl (C=O) groups is 3. The van der Waals surface area contributed by atoms with Gasteiger partial charge in [-0.3, -0.25) is 9.59 Å². The highest BCUT2D eigenvalue weighted by molar-refractivity contribution is 5.86. The molecule has 6 nitrogen and oxygen atoms in total. The number of nitrogens with zero attached hydrogens (tertiary/aromatic N) is 2. The van der Waals surface area contributed by atoms with Crippen molar-refractivity contribution < 1.29 is 45.5 Å². The number of esters is 1. The third-order valence-electron chi connectivity index (χ3n) is 5.35. The first-order valence-corrected chi connectivity index (χ1v) is 10.1. The molecule has 0 radical (unpaired) electrons. The van der Waals surface area contributed by atoms with Crippen LogP contribution in [-0.4, -0.2) is 59.5 Å². The van der Waals surface area contributed by atoms with E-state index in [2.05, 4.69) is 4.74 Å². The van der Waals surface area contributed by atoms with E-state index in [0.717, 1.165) is 12.0 Å². The Morgan fingerprint density at radius 1 is 1.21 bits per heavy atom. The van der Waals surface area contributed by atoms with Crippen molar-refractivity contribution in [2.75, 3.05) is 13.7 Å². The molecule has 0 aromatic heterocycles. The molecule has 2 rings (SSSR count). The normalized spacial score (nSPS) is 17.5. The summed E-state index contributed by atoms with van der Waals surface area (Å²) >= 11 is 0. The van der Waals surface area contributed by atoms with E-state index in [1.807, 2.05) is 0 Å². The van der Waals surface area contributed by atoms with Crippen molar-refractivity contribution in [1.29, 1.82) is 0 Å². The van der Waals surface area contributed by atoms with Crippen LogP contribution >= 0.6 is 0 Å². The van der Waals surface area contributed by atoms with Crippen LogP contribution in [0.1, 0.15) is 38.7 Å². The van der Waals surface area contributed by atoms with Gasteiger partial charge in [0.05, 0.1) is 7.11 Å². The molecule has 1 aromatic carbocycles. The molecule has 1 fully saturated rings. The van der Waals surface area contributed by atoms with E-state index in [4.69, 9.17) is 0 Å². The van der Waals surface area contributed by atoms with Gasteiger partial charge >= 0.3 is 12.1 Å². The minimum absolute atomic E-state index is 0.0639. The van der Waals surface area contributed by atoms with Gasteiger partial charge < -0.3 is 14.5 Å². The minimum atomic E-state index is -4.82. The lowest BCUT2D eigenvalue weighted by Gasteiger charge is -2.34. The summed E-state index contributed by atoms with van der Waals surface area (Å²) in [4.78, 5) is 38.7. The molecular weight excluding hydrogens is 458 g/mol. The number of amides is 2. The van der Waals surface area contributed by atoms with Gasteiger partial charge in [-0.05, 0) is 18.4 Å². The molecule has 0 unspecified atom stereocenters. The van der Waals surface area contributed by atoms with Gasteiger partial charge in [0.1, 0.15) is 18.4 Å². The van der Waals surface area contributed by atoms with Crippen molar-refractivity contribution in [3.63, 3.8) is 0 Å². The van der Waals surface area contributed by atoms with Crippen LogP contribution in [0, 0.1) is 23.4 Å². The van der Waals surface area contributed by atoms with E-state index in [0.29, 0.717) is 17.0 Å². The molecule has 2 atom stereocenters. The first kappa shape index (κ1) is 26.5. The maximum absolute atomic E-state index is 14.1. The largest absolute Gasteiger partial charge is 0.467 e. The summed E-state index contributed by atoms with van der Waals surface area (Å²) in [6, 6.07) is -1.44. The second kappa shape index (κ2) is 10.4. The number of likely N-dealkylation sites (tertiary alicyclic amines) is 1. The van der Waals surface area contributed by atoms with Gasteiger partial charge in [0.25, 0.3) is 0 Å². The molecular formula is C21H24F6N2O4. The Labute approximate surface area is 186 Å². The van der Waals surface area contributed by atoms with Gasteiger partial charge in [-0.1, -0.05) is 13.8 Å². The number of rotatable bonds is 8. The van der Waals surface area contributed by atoms with Gasteiger partial charge in [0.2, 0.25) is 11.8 Å². The highest BCUT2D eigenvalue weighted by Gasteiger charge is 2.43. The van der Waals surface area contributed by atoms with Crippen LogP contribution in [-0.2, 0) is 25.7 Å². The number of halogens is 6. The number of hydrogen-bond donors (Lipinski definition) is 0. The lowest BCUT2D eigenvalue weighted by molar-refractivity contribution is -0.176. The molecule has 1 heterocycles. The molecule has 2 amide bonds. The molecule has 1 aliphatic heterocycles. The van der Waals surface area contributed by atoms with Crippen molar-refractivity contribution >= 4 is 17.8 Å². The summed E-state index contributed by atoms with van der Waals surface area (Å²) in [6.45, 7) is 0.616. The van der Waals surface area contributed by atoms with Crippen LogP contribution in [0.4, 0.5) is 26.3 Å². The topological polar surface area (TPSA) is 66.9 Å². The zero-order valence-electron chi connectivity index (χ0n) is 18.2. The van der Waals surface area contributed by atoms with Crippen molar-refractivity contribution in [2.24, 2.45) is 5.92 Å². The fourth-order valence-electron chi connectivity index (χ4n) is 3.86. The Morgan fingerprint density at radius 2 is 1.85 bits per heavy atom. The number of hydrogen-bond acceptors (Lipinski definition) is 4. The molecule has 0 spiro atoms. The standard InChI is InChI=1S/C21H24F6N2O4/c1-11(2)19(20(32)33-3)29(10-21(25,26)27)17(31)8-14-4-5-16(30)28(14)9-12-6-13(22)7-15(23)18(12)24/h6-7,11,14,19H,4-5,8-10H2,1-3H3/t14-,19-/m0/s1. The first-order valence-electron chi connectivity index (χ1n) is 10.1. The maximum Gasteiger partial charge on any atom is 0.406 e. The van der Waals surface area contributed by atoms with E-state index in [1.165, 1.54) is 13.8 Å². The molecule has 0 bridgehead atoms. The fraction of sp³-hybridized carbons (Fsp3) is 0.571. The summed E-state index contributed by atoms with van der Waals surface area (Å²) in [5.41, 5.74) is -0.470. The number of methoxy groups -OCH3 is 1. The lowest BCUT2D eigenvalue weighted by atomic mass is 10.0. The van der Waals surface area contributed by atoms with E-state index >= 15 is 0 Å². The van der Waals surface area contributed by atoms with E-state index in [9.17, 15) is 40.7 Å². The second-order valence-corrected chi connectivity index (χ2v) is 8.13. The van der Waals surface area contributed by atoms with Crippen LogP contribution in [0.3, 0.4) is 0 Å². The van der Waals surface area contributed by atoms with Crippen molar-refractivity contribution in [3.8, 4) is 0 Å². The Hall–Kier alpha value is -2.79. The van der Waals surface area contributed by atoms with Crippen LogP contribution in [0.2, 0.25) is 0 Å². The molecule has 0 aliphatic carbocycles. The SMILES string of the molecule is COC(=O)[C@H](C(C)C)N(CC(F)(F)F)C(=O)C[C@@H]1CCC(=O)N1Cc1cc(F)cc(F)c1F. The van der Waals surface area contributed by atoms with Gasteiger partial charge in [-0.2, -0.15) is 13.2 Å². The Bertz CT molecular complexity index is 905. The molecule has 184 valence electrons. The average Bonchev–Trinajstić information content (AvgIpc) is 3.03. The minimum Gasteiger partial charge on any atom is -0.467 e. The smallest absolute Gasteiger partial charge is 0.406 e. The molecule has 33 heavy (non-hydrogen) atoms. The second-order valence-electron chi connectivity index (χ2n) is 8.13. The molecule has 1 saturated heterocycles. The summed E-state index contributed by atoms with van der Waals surface area (Å²) in [7, 11) is 0.984. The fourth-order valence-corrected chi connectivity index (χ4v) is 3.86. The van der Waals surface area contributed by atoms with Gasteiger partial charge in [0, 0.05) is 37.1 Å². The van der Waals surface area contributed by atoms with Crippen molar-refractivity contribution in [1.82, 2.24) is 9.80 Å². The Balaban J connectivity index is 2.29. The monoisotopic (exact) mass is 482 g/mol. The van der Waals surface area contributed by atoms with Crippen LogP contribution in [0.5, 0.6) is 0 Å². The molecule has 1 aliphatic rings. The third kappa shape index (κ3) is 6.61. The summed E-state index contributed by atoms with van der Waals surface area (Å²) in [6.07, 6.45) is -5.43. The Kier molecular flexibility index (Phi) is 8.36. The first-order chi connectivity index (χ1) is 15.2. The van der Waals surface area contributed by atoms with Crippen LogP contribution in [0.25, 0.3) is 0 Å². The number of alkyl halides is 3. The summed E-state index contributed by atoms with van der Waals surface area (Å²) in [5.74, 6) is -7.25. The highest BCUT2D eigenvalue weighted by atomic mass is 19.4. The van der Waals surface area contributed by atoms with E-state index in [1.54, 1.807) is 0 Å². The molecule has 0 N–H and O–H groups in total. The van der Waals surface area contributed by atoms with E-state index in [-0.39, 0.29) is 12.8 Å². The van der Waals surface area contributed by atoms with Crippen molar-refractivity contribution in [3.05, 3.63) is 35.1 Å². The molecule has 12 heteroatoms.